The number of nitrogens with zero attached hydrogens (tertiary/aromatic N) is 2. The average Bonchev–Trinajstić information content (AvgIpc) is 3.36. The molecule has 2 unspecified atom stereocenters. The topological polar surface area (TPSA) is 68.0 Å². The molecule has 2 aliphatic heterocycles. The van der Waals surface area contributed by atoms with E-state index < -0.39 is 60.8 Å². The van der Waals surface area contributed by atoms with E-state index in [0.717, 1.165) is 31.6 Å². The summed E-state index contributed by atoms with van der Waals surface area (Å²) in [5.41, 5.74) is 0.268. The van der Waals surface area contributed by atoms with E-state index in [0.29, 0.717) is 12.1 Å². The largest absolute Gasteiger partial charge is 0.497 e. The van der Waals surface area contributed by atoms with Crippen molar-refractivity contribution in [2.75, 3.05) is 26.9 Å². The minimum atomic E-state index is -1.56. The Hall–Kier alpha value is -1.80. The van der Waals surface area contributed by atoms with Gasteiger partial charge >= 0.3 is 0 Å². The first-order valence-corrected chi connectivity index (χ1v) is 15.4. The summed E-state index contributed by atoms with van der Waals surface area (Å²) >= 11 is 0. The lowest BCUT2D eigenvalue weighted by atomic mass is 10.1. The molecule has 13 heteroatoms. The van der Waals surface area contributed by atoms with Gasteiger partial charge in [-0.1, -0.05) is 0 Å². The summed E-state index contributed by atoms with van der Waals surface area (Å²) < 4.78 is 92.3. The molecule has 4 atom stereocenters. The maximum atomic E-state index is 13.8. The van der Waals surface area contributed by atoms with Crippen molar-refractivity contribution in [1.82, 2.24) is 4.31 Å². The summed E-state index contributed by atoms with van der Waals surface area (Å²) in [5.74, 6) is -2.63. The fourth-order valence-electron chi connectivity index (χ4n) is 3.49. The van der Waals surface area contributed by atoms with Gasteiger partial charge in [0, 0.05) is 37.5 Å². The molecule has 2 aromatic rings. The van der Waals surface area contributed by atoms with Crippen LogP contribution in [0.5, 0.6) is 5.75 Å². The van der Waals surface area contributed by atoms with Crippen LogP contribution >= 0.6 is 13.5 Å². The second-order valence-corrected chi connectivity index (χ2v) is 15.7. The van der Waals surface area contributed by atoms with Crippen LogP contribution in [-0.4, -0.2) is 55.3 Å². The highest BCUT2D eigenvalue weighted by Gasteiger charge is 2.46. The van der Waals surface area contributed by atoms with Crippen LogP contribution in [0, 0.1) is 30.2 Å². The summed E-state index contributed by atoms with van der Waals surface area (Å²) in [4.78, 5) is 0. The Morgan fingerprint density at radius 1 is 0.905 bits per heavy atom. The van der Waals surface area contributed by atoms with Crippen LogP contribution in [0.2, 0.25) is 0 Å². The van der Waals surface area contributed by atoms with E-state index in [1.807, 2.05) is 20.8 Å². The van der Waals surface area contributed by atoms with Gasteiger partial charge in [-0.15, -0.1) is 0 Å². The van der Waals surface area contributed by atoms with Crippen molar-refractivity contribution in [3.63, 3.8) is 0 Å². The van der Waals surface area contributed by atoms with Gasteiger partial charge in [0.05, 0.1) is 34.4 Å². The Morgan fingerprint density at radius 3 is 1.79 bits per heavy atom. The quantitative estimate of drug-likeness (QED) is 0.201. The Balaban J connectivity index is 0.000000352. The van der Waals surface area contributed by atoms with E-state index in [2.05, 4.69) is 4.40 Å². The molecular formula is C29H42F4N2O4S3. The average molecular weight is 655 g/mol. The number of benzene rings is 2. The Labute approximate surface area is 258 Å². The van der Waals surface area contributed by atoms with Gasteiger partial charge < -0.3 is 9.47 Å². The minimum Gasteiger partial charge on any atom is -0.497 e. The maximum Gasteiger partial charge on any atom is 0.144 e. The van der Waals surface area contributed by atoms with Crippen molar-refractivity contribution in [3.8, 4) is 5.75 Å². The van der Waals surface area contributed by atoms with Crippen molar-refractivity contribution in [3.05, 3.63) is 64.2 Å². The molecule has 0 radical (unpaired) electrons. The fourth-order valence-corrected chi connectivity index (χ4v) is 5.33. The highest BCUT2D eigenvalue weighted by molar-refractivity contribution is 7.85. The number of methoxy groups -OCH3 is 1. The molecule has 2 aromatic carbocycles. The third kappa shape index (κ3) is 11.4. The standard InChI is InChI=1S/C13H17F2NOS.C12H15F2NO2S.C4H8O.H2S/c1-8-5-9(14)12(10(15)6-8)11-7-16(11)18(17)13(2,3)4;1-12(2,3)18(16)15-7-9-10(13)5-8(17-4)6-11(9)14;1-2-4-5-3-1;/h5-6,11H,7H2,1-4H3;5-7H,1-4H3;1-4H2;1H2/t11-,16?,18?;18-;;/m11../s1. The third-order valence-corrected chi connectivity index (χ3v) is 9.00. The Kier molecular flexibility index (Phi) is 14.9. The SMILES string of the molecule is C1CCOC1.COc1cc(F)c(C=N[S@](=O)C(C)(C)C)c(F)c1.Cc1cc(F)c([C@H]2CN2S(=O)C(C)(C)C)c(F)c1.S. The minimum absolute atomic E-state index is 0. The van der Waals surface area contributed by atoms with Crippen LogP contribution in [0.4, 0.5) is 17.6 Å². The maximum absolute atomic E-state index is 13.8. The summed E-state index contributed by atoms with van der Waals surface area (Å²) in [7, 11) is -1.47. The molecule has 4 rings (SSSR count). The summed E-state index contributed by atoms with van der Waals surface area (Å²) in [6, 6.07) is 4.32. The van der Waals surface area contributed by atoms with Crippen LogP contribution < -0.4 is 4.74 Å². The van der Waals surface area contributed by atoms with Crippen LogP contribution in [0.15, 0.2) is 28.7 Å². The molecule has 2 aliphatic rings. The van der Waals surface area contributed by atoms with Gasteiger partial charge in [-0.3, -0.25) is 0 Å². The van der Waals surface area contributed by atoms with Gasteiger partial charge in [0.1, 0.15) is 51.0 Å². The van der Waals surface area contributed by atoms with E-state index >= 15 is 0 Å². The van der Waals surface area contributed by atoms with Gasteiger partial charge in [0.2, 0.25) is 0 Å². The van der Waals surface area contributed by atoms with Gasteiger partial charge in [-0.2, -0.15) is 17.9 Å². The molecule has 0 spiro atoms. The molecule has 0 aromatic heterocycles. The predicted molar refractivity (Wildman–Crippen MR) is 167 cm³/mol. The van der Waals surface area contributed by atoms with E-state index in [1.165, 1.54) is 32.1 Å². The fraction of sp³-hybridized carbons (Fsp3) is 0.552. The monoisotopic (exact) mass is 654 g/mol. The van der Waals surface area contributed by atoms with E-state index in [1.54, 1.807) is 32.0 Å². The van der Waals surface area contributed by atoms with Crippen molar-refractivity contribution < 1.29 is 35.5 Å². The normalized spacial score (nSPS) is 19.5. The number of aryl methyl sites for hydroxylation is 1. The molecule has 0 saturated carbocycles. The molecule has 0 aliphatic carbocycles. The second-order valence-electron chi connectivity index (χ2n) is 11.5. The van der Waals surface area contributed by atoms with Gasteiger partial charge in [-0.25, -0.2) is 30.3 Å². The highest BCUT2D eigenvalue weighted by Crippen LogP contribution is 2.41. The zero-order chi connectivity index (χ0) is 31.1. The van der Waals surface area contributed by atoms with Crippen molar-refractivity contribution in [1.29, 1.82) is 0 Å². The van der Waals surface area contributed by atoms with Crippen LogP contribution in [-0.2, 0) is 26.7 Å². The molecule has 0 N–H and O–H groups in total. The van der Waals surface area contributed by atoms with E-state index in [4.69, 9.17) is 9.47 Å². The Bertz CT molecular complexity index is 1220. The van der Waals surface area contributed by atoms with Gasteiger partial charge in [0.15, 0.2) is 0 Å². The molecular weight excluding hydrogens is 613 g/mol. The summed E-state index contributed by atoms with van der Waals surface area (Å²) in [6.45, 7) is 14.8. The zero-order valence-corrected chi connectivity index (χ0v) is 28.0. The molecule has 2 heterocycles. The summed E-state index contributed by atoms with van der Waals surface area (Å²) in [5, 5.41) is 0. The number of hydrogen-bond donors (Lipinski definition) is 0. The number of rotatable bonds is 5. The molecule has 238 valence electrons. The lowest BCUT2D eigenvalue weighted by molar-refractivity contribution is 0.198. The lowest BCUT2D eigenvalue weighted by Gasteiger charge is -2.18. The number of hydrogen-bond acceptors (Lipinski definition) is 4. The third-order valence-electron chi connectivity index (χ3n) is 5.78. The predicted octanol–water partition coefficient (Wildman–Crippen LogP) is 6.86. The van der Waals surface area contributed by atoms with Crippen molar-refractivity contribution in [2.24, 2.45) is 4.40 Å². The second kappa shape index (κ2) is 16.3. The molecule has 2 fully saturated rings. The first-order valence-electron chi connectivity index (χ1n) is 13.2. The first-order chi connectivity index (χ1) is 19.0. The van der Waals surface area contributed by atoms with E-state index in [9.17, 15) is 26.0 Å². The van der Waals surface area contributed by atoms with Crippen LogP contribution in [0.1, 0.15) is 77.1 Å². The molecule has 42 heavy (non-hydrogen) atoms. The highest BCUT2D eigenvalue weighted by atomic mass is 32.2. The molecule has 6 nitrogen and oxygen atoms in total. The lowest BCUT2D eigenvalue weighted by Crippen LogP contribution is -2.27. The number of halogens is 4. The van der Waals surface area contributed by atoms with Gasteiger partial charge in [-0.05, 0) is 79.0 Å². The number of ether oxygens (including phenoxy) is 2. The first kappa shape index (κ1) is 38.2. The molecule has 2 saturated heterocycles. The zero-order valence-electron chi connectivity index (χ0n) is 25.4. The van der Waals surface area contributed by atoms with Gasteiger partial charge in [0.25, 0.3) is 0 Å². The van der Waals surface area contributed by atoms with Crippen molar-refractivity contribution in [2.45, 2.75) is 76.8 Å². The van der Waals surface area contributed by atoms with E-state index in [-0.39, 0.29) is 30.4 Å². The summed E-state index contributed by atoms with van der Waals surface area (Å²) in [6.07, 6.45) is 3.51. The Morgan fingerprint density at radius 2 is 1.40 bits per heavy atom. The molecule has 0 bridgehead atoms. The van der Waals surface area contributed by atoms with Crippen molar-refractivity contribution >= 4 is 41.7 Å². The van der Waals surface area contributed by atoms with Crippen LogP contribution in [0.25, 0.3) is 0 Å². The van der Waals surface area contributed by atoms with Crippen LogP contribution in [0.3, 0.4) is 0 Å². The molecule has 0 amide bonds. The smallest absolute Gasteiger partial charge is 0.144 e.